The predicted molar refractivity (Wildman–Crippen MR) is 69.3 cm³/mol. The third kappa shape index (κ3) is 2.86. The number of carbonyl (C=O) groups excluding carboxylic acids is 1. The summed E-state index contributed by atoms with van der Waals surface area (Å²) in [6, 6.07) is 0. The lowest BCUT2D eigenvalue weighted by Gasteiger charge is -2.32. The lowest BCUT2D eigenvalue weighted by atomic mass is 9.93. The summed E-state index contributed by atoms with van der Waals surface area (Å²) in [5, 5.41) is 3.37. The molecular weight excluding hydrogens is 228 g/mol. The Hall–Kier alpha value is -0.610. The van der Waals surface area contributed by atoms with Crippen molar-refractivity contribution in [1.29, 1.82) is 0 Å². The second-order valence-electron chi connectivity index (χ2n) is 5.99. The minimum Gasteiger partial charge on any atom is -0.371 e. The van der Waals surface area contributed by atoms with E-state index in [9.17, 15) is 4.79 Å². The first kappa shape index (κ1) is 12.4. The SMILES string of the molecule is O=C(CCC1CCNCC1)N1CC2CCC(C1)O2. The van der Waals surface area contributed by atoms with E-state index < -0.39 is 0 Å². The fourth-order valence-corrected chi connectivity index (χ4v) is 3.47. The van der Waals surface area contributed by atoms with Crippen LogP contribution in [0.4, 0.5) is 0 Å². The Kier molecular flexibility index (Phi) is 3.85. The van der Waals surface area contributed by atoms with Gasteiger partial charge in [-0.2, -0.15) is 0 Å². The minimum atomic E-state index is 0.326. The molecule has 18 heavy (non-hydrogen) atoms. The Bertz CT molecular complexity index is 290. The van der Waals surface area contributed by atoms with Gasteiger partial charge >= 0.3 is 0 Å². The molecule has 2 bridgehead atoms. The van der Waals surface area contributed by atoms with Gasteiger partial charge in [0.2, 0.25) is 5.91 Å². The molecule has 0 spiro atoms. The molecule has 2 unspecified atom stereocenters. The standard InChI is InChI=1S/C14H24N2O2/c17-14(4-1-11-5-7-15-8-6-11)16-9-12-2-3-13(10-16)18-12/h11-13,15H,1-10H2. The van der Waals surface area contributed by atoms with Gasteiger partial charge < -0.3 is 15.0 Å². The molecule has 3 fully saturated rings. The molecule has 3 saturated heterocycles. The van der Waals surface area contributed by atoms with Crippen molar-refractivity contribution in [3.8, 4) is 0 Å². The molecule has 3 heterocycles. The number of piperidine rings is 1. The van der Waals surface area contributed by atoms with Gasteiger partial charge in [-0.05, 0) is 51.1 Å². The first-order valence-electron chi connectivity index (χ1n) is 7.45. The predicted octanol–water partition coefficient (Wildman–Crippen LogP) is 1.16. The topological polar surface area (TPSA) is 41.6 Å². The fourth-order valence-electron chi connectivity index (χ4n) is 3.47. The first-order chi connectivity index (χ1) is 8.81. The number of morpholine rings is 1. The number of rotatable bonds is 3. The maximum Gasteiger partial charge on any atom is 0.222 e. The first-order valence-corrected chi connectivity index (χ1v) is 7.45. The van der Waals surface area contributed by atoms with E-state index in [4.69, 9.17) is 4.74 Å². The highest BCUT2D eigenvalue weighted by Gasteiger charge is 2.35. The molecule has 1 N–H and O–H groups in total. The molecule has 3 aliphatic heterocycles. The number of hydrogen-bond acceptors (Lipinski definition) is 3. The number of hydrogen-bond donors (Lipinski definition) is 1. The lowest BCUT2D eigenvalue weighted by molar-refractivity contribution is -0.140. The molecule has 2 atom stereocenters. The summed E-state index contributed by atoms with van der Waals surface area (Å²) in [5.74, 6) is 1.11. The molecule has 3 rings (SSSR count). The minimum absolute atomic E-state index is 0.326. The number of nitrogens with zero attached hydrogens (tertiary/aromatic N) is 1. The number of carbonyl (C=O) groups is 1. The maximum atomic E-state index is 12.2. The van der Waals surface area contributed by atoms with Gasteiger partial charge in [0.05, 0.1) is 12.2 Å². The lowest BCUT2D eigenvalue weighted by Crippen LogP contribution is -2.45. The van der Waals surface area contributed by atoms with Crippen molar-refractivity contribution in [2.45, 2.75) is 50.7 Å². The van der Waals surface area contributed by atoms with Crippen LogP contribution in [0.5, 0.6) is 0 Å². The van der Waals surface area contributed by atoms with E-state index in [1.165, 1.54) is 12.8 Å². The van der Waals surface area contributed by atoms with Crippen LogP contribution in [0.3, 0.4) is 0 Å². The molecular formula is C14H24N2O2. The highest BCUT2D eigenvalue weighted by atomic mass is 16.5. The van der Waals surface area contributed by atoms with Crippen LogP contribution in [0.25, 0.3) is 0 Å². The number of fused-ring (bicyclic) bond motifs is 2. The van der Waals surface area contributed by atoms with Crippen molar-refractivity contribution in [3.63, 3.8) is 0 Å². The summed E-state index contributed by atoms with van der Waals surface area (Å²) >= 11 is 0. The molecule has 0 saturated carbocycles. The highest BCUT2D eigenvalue weighted by Crippen LogP contribution is 2.27. The maximum absolute atomic E-state index is 12.2. The van der Waals surface area contributed by atoms with Crippen molar-refractivity contribution < 1.29 is 9.53 Å². The fraction of sp³-hybridized carbons (Fsp3) is 0.929. The van der Waals surface area contributed by atoms with E-state index in [1.54, 1.807) is 0 Å². The molecule has 0 aliphatic carbocycles. The summed E-state index contributed by atoms with van der Waals surface area (Å²) in [5.41, 5.74) is 0. The van der Waals surface area contributed by atoms with Gasteiger partial charge in [-0.25, -0.2) is 0 Å². The zero-order valence-corrected chi connectivity index (χ0v) is 11.1. The summed E-state index contributed by atoms with van der Waals surface area (Å²) in [6.45, 7) is 3.92. The number of ether oxygens (including phenoxy) is 1. The van der Waals surface area contributed by atoms with E-state index in [2.05, 4.69) is 5.32 Å². The molecule has 0 aromatic carbocycles. The molecule has 4 heteroatoms. The summed E-state index contributed by atoms with van der Waals surface area (Å²) in [7, 11) is 0. The molecule has 0 aromatic heterocycles. The number of likely N-dealkylation sites (tertiary alicyclic amines) is 1. The summed E-state index contributed by atoms with van der Waals surface area (Å²) < 4.78 is 5.77. The monoisotopic (exact) mass is 252 g/mol. The Morgan fingerprint density at radius 1 is 1.11 bits per heavy atom. The van der Waals surface area contributed by atoms with Gasteiger partial charge in [-0.3, -0.25) is 4.79 Å². The van der Waals surface area contributed by atoms with E-state index in [1.807, 2.05) is 4.90 Å². The second-order valence-corrected chi connectivity index (χ2v) is 5.99. The third-order valence-electron chi connectivity index (χ3n) is 4.62. The van der Waals surface area contributed by atoms with Crippen LogP contribution < -0.4 is 5.32 Å². The zero-order chi connectivity index (χ0) is 12.4. The van der Waals surface area contributed by atoms with E-state index in [0.717, 1.165) is 57.8 Å². The van der Waals surface area contributed by atoms with Crippen molar-refractivity contribution in [3.05, 3.63) is 0 Å². The van der Waals surface area contributed by atoms with Crippen LogP contribution in [0.15, 0.2) is 0 Å². The van der Waals surface area contributed by atoms with Crippen molar-refractivity contribution in [1.82, 2.24) is 10.2 Å². The van der Waals surface area contributed by atoms with Gasteiger partial charge in [0.15, 0.2) is 0 Å². The molecule has 102 valence electrons. The van der Waals surface area contributed by atoms with Gasteiger partial charge in [-0.15, -0.1) is 0 Å². The number of nitrogens with one attached hydrogen (secondary N) is 1. The van der Waals surface area contributed by atoms with Crippen molar-refractivity contribution >= 4 is 5.91 Å². The molecule has 0 radical (unpaired) electrons. The van der Waals surface area contributed by atoms with E-state index >= 15 is 0 Å². The number of amides is 1. The molecule has 1 amide bonds. The Morgan fingerprint density at radius 3 is 2.44 bits per heavy atom. The highest BCUT2D eigenvalue weighted by molar-refractivity contribution is 5.76. The largest absolute Gasteiger partial charge is 0.371 e. The van der Waals surface area contributed by atoms with E-state index in [0.29, 0.717) is 18.1 Å². The average Bonchev–Trinajstić information content (AvgIpc) is 2.76. The molecule has 3 aliphatic rings. The van der Waals surface area contributed by atoms with Crippen LogP contribution in [0.1, 0.15) is 38.5 Å². The average molecular weight is 252 g/mol. The van der Waals surface area contributed by atoms with Crippen LogP contribution in [0.2, 0.25) is 0 Å². The van der Waals surface area contributed by atoms with Gasteiger partial charge in [-0.1, -0.05) is 0 Å². The van der Waals surface area contributed by atoms with Gasteiger partial charge in [0.25, 0.3) is 0 Å². The normalized spacial score (nSPS) is 32.8. The Balaban J connectivity index is 1.43. The van der Waals surface area contributed by atoms with Crippen molar-refractivity contribution in [2.24, 2.45) is 5.92 Å². The van der Waals surface area contributed by atoms with Crippen molar-refractivity contribution in [2.75, 3.05) is 26.2 Å². The summed E-state index contributed by atoms with van der Waals surface area (Å²) in [4.78, 5) is 14.3. The van der Waals surface area contributed by atoms with Crippen LogP contribution in [-0.2, 0) is 9.53 Å². The van der Waals surface area contributed by atoms with Gasteiger partial charge in [0.1, 0.15) is 0 Å². The van der Waals surface area contributed by atoms with Gasteiger partial charge in [0, 0.05) is 19.5 Å². The zero-order valence-electron chi connectivity index (χ0n) is 11.1. The Morgan fingerprint density at radius 2 is 1.78 bits per heavy atom. The summed E-state index contributed by atoms with van der Waals surface area (Å²) in [6.07, 6.45) is 7.23. The van der Waals surface area contributed by atoms with Crippen LogP contribution in [-0.4, -0.2) is 49.2 Å². The van der Waals surface area contributed by atoms with Crippen LogP contribution in [0, 0.1) is 5.92 Å². The quantitative estimate of drug-likeness (QED) is 0.819. The smallest absolute Gasteiger partial charge is 0.222 e. The van der Waals surface area contributed by atoms with E-state index in [-0.39, 0.29) is 0 Å². The van der Waals surface area contributed by atoms with Crippen LogP contribution >= 0.6 is 0 Å². The molecule has 4 nitrogen and oxygen atoms in total. The third-order valence-corrected chi connectivity index (χ3v) is 4.62. The Labute approximate surface area is 109 Å². The second kappa shape index (κ2) is 5.57. The molecule has 0 aromatic rings.